The van der Waals surface area contributed by atoms with Crippen molar-refractivity contribution in [3.05, 3.63) is 95.7 Å². The maximum absolute atomic E-state index is 13.6. The molecule has 5 aromatic rings. The molecule has 1 atom stereocenters. The molecule has 0 saturated carbocycles. The van der Waals surface area contributed by atoms with E-state index >= 15 is 0 Å². The lowest BCUT2D eigenvalue weighted by Gasteiger charge is -2.23. The molecule has 8 nitrogen and oxygen atoms in total. The maximum Gasteiger partial charge on any atom is 0.296 e. The summed E-state index contributed by atoms with van der Waals surface area (Å²) in [6.45, 7) is 0. The fraction of sp³-hybridized carbons (Fsp3) is 0.0769. The second-order valence-electron chi connectivity index (χ2n) is 7.93. The minimum Gasteiger partial charge on any atom is -0.503 e. The Hall–Kier alpha value is -4.50. The first-order valence-corrected chi connectivity index (χ1v) is 11.5. The first kappa shape index (κ1) is 21.1. The van der Waals surface area contributed by atoms with Gasteiger partial charge in [0.25, 0.3) is 5.91 Å². The summed E-state index contributed by atoms with van der Waals surface area (Å²) in [5, 5.41) is 12.0. The Bertz CT molecular complexity index is 1620. The van der Waals surface area contributed by atoms with E-state index in [4.69, 9.17) is 9.15 Å². The number of benzene rings is 2. The summed E-state index contributed by atoms with van der Waals surface area (Å²) in [5.74, 6) is -1.24. The number of para-hydroxylation sites is 1. The van der Waals surface area contributed by atoms with Crippen LogP contribution < -0.4 is 9.64 Å². The van der Waals surface area contributed by atoms with Crippen molar-refractivity contribution in [2.45, 2.75) is 6.04 Å². The molecule has 1 aliphatic rings. The normalized spacial score (nSPS) is 16.0. The zero-order valence-corrected chi connectivity index (χ0v) is 19.2. The highest BCUT2D eigenvalue weighted by atomic mass is 32.1. The smallest absolute Gasteiger partial charge is 0.296 e. The number of carbonyl (C=O) groups excluding carboxylic acids is 2. The van der Waals surface area contributed by atoms with Crippen molar-refractivity contribution in [1.29, 1.82) is 0 Å². The molecule has 6 rings (SSSR count). The molecule has 0 aliphatic carbocycles. The number of hydrogen-bond donors (Lipinski definition) is 1. The third kappa shape index (κ3) is 3.36. The summed E-state index contributed by atoms with van der Waals surface area (Å²) in [6, 6.07) is 16.7. The van der Waals surface area contributed by atoms with Crippen LogP contribution in [-0.4, -0.2) is 33.9 Å². The van der Waals surface area contributed by atoms with Gasteiger partial charge in [-0.3, -0.25) is 19.5 Å². The lowest BCUT2D eigenvalue weighted by Crippen LogP contribution is -2.31. The Morgan fingerprint density at radius 1 is 1.14 bits per heavy atom. The van der Waals surface area contributed by atoms with Crippen LogP contribution in [0.5, 0.6) is 5.75 Å². The van der Waals surface area contributed by atoms with Crippen LogP contribution in [0.1, 0.15) is 22.2 Å². The van der Waals surface area contributed by atoms with E-state index < -0.39 is 23.5 Å². The van der Waals surface area contributed by atoms with Crippen LogP contribution in [0.2, 0.25) is 0 Å². The number of ether oxygens (including phenoxy) is 1. The fourth-order valence-electron chi connectivity index (χ4n) is 4.24. The number of aliphatic hydroxyl groups excluding tert-OH is 1. The average molecular weight is 484 g/mol. The van der Waals surface area contributed by atoms with Gasteiger partial charge in [0.05, 0.1) is 28.9 Å². The number of thiazole rings is 1. The van der Waals surface area contributed by atoms with Gasteiger partial charge in [0.2, 0.25) is 5.78 Å². The lowest BCUT2D eigenvalue weighted by molar-refractivity contribution is -0.117. The molecule has 1 amide bonds. The number of furan rings is 1. The molecule has 3 aromatic heterocycles. The van der Waals surface area contributed by atoms with Gasteiger partial charge in [-0.15, -0.1) is 0 Å². The van der Waals surface area contributed by atoms with Crippen molar-refractivity contribution in [1.82, 2.24) is 9.97 Å². The summed E-state index contributed by atoms with van der Waals surface area (Å²) in [6.07, 6.45) is 3.16. The van der Waals surface area contributed by atoms with Gasteiger partial charge in [-0.05, 0) is 42.0 Å². The van der Waals surface area contributed by atoms with Crippen molar-refractivity contribution in [3.8, 4) is 5.75 Å². The minimum atomic E-state index is -0.931. The maximum atomic E-state index is 13.6. The Labute approximate surface area is 202 Å². The first-order chi connectivity index (χ1) is 17.0. The van der Waals surface area contributed by atoms with Gasteiger partial charge in [-0.1, -0.05) is 35.6 Å². The number of hydrogen-bond acceptors (Lipinski definition) is 8. The molecule has 0 spiro atoms. The molecule has 0 radical (unpaired) electrons. The summed E-state index contributed by atoms with van der Waals surface area (Å²) >= 11 is 1.26. The third-order valence-corrected chi connectivity index (χ3v) is 6.91. The Morgan fingerprint density at radius 3 is 2.77 bits per heavy atom. The number of Topliss-reactive ketones (excluding diaryl/α,β-unsaturated/α-hetero) is 1. The quantitative estimate of drug-likeness (QED) is 0.341. The van der Waals surface area contributed by atoms with Crippen LogP contribution >= 0.6 is 11.3 Å². The van der Waals surface area contributed by atoms with Crippen LogP contribution in [0.4, 0.5) is 5.13 Å². The summed E-state index contributed by atoms with van der Waals surface area (Å²) in [5.41, 5.74) is 1.68. The zero-order valence-electron chi connectivity index (χ0n) is 18.3. The van der Waals surface area contributed by atoms with Gasteiger partial charge in [-0.2, -0.15) is 0 Å². The average Bonchev–Trinajstić information content (AvgIpc) is 3.57. The topological polar surface area (TPSA) is 106 Å². The van der Waals surface area contributed by atoms with Crippen molar-refractivity contribution >= 4 is 49.3 Å². The fourth-order valence-corrected chi connectivity index (χ4v) is 5.26. The van der Waals surface area contributed by atoms with E-state index in [9.17, 15) is 14.7 Å². The van der Waals surface area contributed by atoms with Gasteiger partial charge < -0.3 is 14.3 Å². The molecular formula is C26H17N3O5S. The molecule has 9 heteroatoms. The molecule has 35 heavy (non-hydrogen) atoms. The molecule has 1 aliphatic heterocycles. The van der Waals surface area contributed by atoms with Crippen molar-refractivity contribution in [2.75, 3.05) is 12.0 Å². The van der Waals surface area contributed by atoms with E-state index in [0.29, 0.717) is 27.5 Å². The molecular weight excluding hydrogens is 466 g/mol. The first-order valence-electron chi connectivity index (χ1n) is 10.7. The summed E-state index contributed by atoms with van der Waals surface area (Å²) in [4.78, 5) is 37.1. The van der Waals surface area contributed by atoms with Crippen LogP contribution in [-0.2, 0) is 4.79 Å². The van der Waals surface area contributed by atoms with Gasteiger partial charge in [-0.25, -0.2) is 4.98 Å². The Kier molecular flexibility index (Phi) is 4.85. The molecule has 1 N–H and O–H groups in total. The number of nitrogens with zero attached hydrogens (tertiary/aromatic N) is 3. The van der Waals surface area contributed by atoms with Crippen LogP contribution in [0, 0.1) is 0 Å². The summed E-state index contributed by atoms with van der Waals surface area (Å²) < 4.78 is 11.9. The standard InChI is InChI=1S/C26H17N3O5S/c1-33-16-8-9-17-20(12-16)35-26(28-17)29-22(15-6-4-10-27-13-15)21(24(31)25(29)32)23(30)19-11-14-5-2-3-7-18(14)34-19/h2-13,22,31H,1H3. The number of rotatable bonds is 5. The molecule has 172 valence electrons. The van der Waals surface area contributed by atoms with E-state index in [0.717, 1.165) is 10.1 Å². The van der Waals surface area contributed by atoms with Crippen molar-refractivity contribution in [3.63, 3.8) is 0 Å². The summed E-state index contributed by atoms with van der Waals surface area (Å²) in [7, 11) is 1.57. The predicted molar refractivity (Wildman–Crippen MR) is 131 cm³/mol. The van der Waals surface area contributed by atoms with Crippen molar-refractivity contribution in [2.24, 2.45) is 0 Å². The van der Waals surface area contributed by atoms with Gasteiger partial charge >= 0.3 is 0 Å². The van der Waals surface area contributed by atoms with Crippen LogP contribution in [0.25, 0.3) is 21.2 Å². The number of amides is 1. The van der Waals surface area contributed by atoms with Gasteiger partial charge in [0.15, 0.2) is 16.7 Å². The Morgan fingerprint density at radius 2 is 2.00 bits per heavy atom. The number of ketones is 1. The Balaban J connectivity index is 1.49. The second-order valence-corrected chi connectivity index (χ2v) is 8.94. The van der Waals surface area contributed by atoms with E-state index in [2.05, 4.69) is 9.97 Å². The number of fused-ring (bicyclic) bond motifs is 2. The number of carbonyl (C=O) groups is 2. The SMILES string of the molecule is COc1ccc2nc(N3C(=O)C(O)=C(C(=O)c4cc5ccccc5o4)C3c3cccnc3)sc2c1. The van der Waals surface area contributed by atoms with Crippen LogP contribution in [0.3, 0.4) is 0 Å². The highest BCUT2D eigenvalue weighted by molar-refractivity contribution is 7.22. The molecule has 2 aromatic carbocycles. The molecule has 4 heterocycles. The zero-order chi connectivity index (χ0) is 24.1. The monoisotopic (exact) mass is 483 g/mol. The van der Waals surface area contributed by atoms with E-state index in [-0.39, 0.29) is 11.3 Å². The van der Waals surface area contributed by atoms with Gasteiger partial charge in [0, 0.05) is 17.8 Å². The van der Waals surface area contributed by atoms with E-state index in [1.807, 2.05) is 18.2 Å². The van der Waals surface area contributed by atoms with Gasteiger partial charge in [0.1, 0.15) is 11.3 Å². The van der Waals surface area contributed by atoms with Crippen LogP contribution in [0.15, 0.2) is 88.8 Å². The number of anilines is 1. The lowest BCUT2D eigenvalue weighted by atomic mass is 9.96. The van der Waals surface area contributed by atoms with E-state index in [1.54, 1.807) is 62.0 Å². The third-order valence-electron chi connectivity index (χ3n) is 5.89. The molecule has 0 saturated heterocycles. The van der Waals surface area contributed by atoms with E-state index in [1.165, 1.54) is 16.2 Å². The number of aromatic nitrogens is 2. The number of aliphatic hydroxyl groups is 1. The predicted octanol–water partition coefficient (Wildman–Crippen LogP) is 5.23. The highest BCUT2D eigenvalue weighted by Crippen LogP contribution is 2.44. The molecule has 0 bridgehead atoms. The highest BCUT2D eigenvalue weighted by Gasteiger charge is 2.46. The number of methoxy groups -OCH3 is 1. The number of pyridine rings is 1. The minimum absolute atomic E-state index is 0.0327. The largest absolute Gasteiger partial charge is 0.503 e. The molecule has 0 fully saturated rings. The second kappa shape index (κ2) is 8.07. The molecule has 1 unspecified atom stereocenters. The van der Waals surface area contributed by atoms with Crippen molar-refractivity contribution < 1.29 is 23.8 Å².